The number of aromatic nitrogens is 3. The zero-order valence-electron chi connectivity index (χ0n) is 12.7. The van der Waals surface area contributed by atoms with E-state index in [4.69, 9.17) is 11.6 Å². The van der Waals surface area contributed by atoms with Crippen molar-refractivity contribution in [1.82, 2.24) is 14.8 Å². The molecule has 0 unspecified atom stereocenters. The molecular formula is C14H11ClF3N5O2. The summed E-state index contributed by atoms with van der Waals surface area (Å²) in [6.07, 6.45) is -5.15. The highest BCUT2D eigenvalue weighted by molar-refractivity contribution is 6.31. The number of halogens is 4. The number of hydrogen-bond donors (Lipinski definition) is 2. The average molecular weight is 374 g/mol. The van der Waals surface area contributed by atoms with Crippen LogP contribution in [0, 0.1) is 6.92 Å². The first-order valence-electron chi connectivity index (χ1n) is 7.06. The van der Waals surface area contributed by atoms with Gasteiger partial charge in [0.05, 0.1) is 6.42 Å². The molecule has 2 heterocycles. The van der Waals surface area contributed by atoms with E-state index in [1.807, 2.05) is 0 Å². The maximum atomic E-state index is 12.8. The smallest absolute Gasteiger partial charge is 0.324 e. The topological polar surface area (TPSA) is 88.9 Å². The number of nitrogens with zero attached hydrogens (tertiary/aromatic N) is 3. The summed E-state index contributed by atoms with van der Waals surface area (Å²) in [5.74, 6) is -3.18. The number of benzene rings is 1. The first-order chi connectivity index (χ1) is 11.6. The van der Waals surface area contributed by atoms with Gasteiger partial charge in [0.1, 0.15) is 6.04 Å². The summed E-state index contributed by atoms with van der Waals surface area (Å²) >= 11 is 5.97. The van der Waals surface area contributed by atoms with Gasteiger partial charge in [-0.05, 0) is 24.6 Å². The van der Waals surface area contributed by atoms with E-state index < -0.39 is 35.8 Å². The standard InChI is InChI=1S/C14H11ClF3N5O2/c1-6-2-3-7(4-8(6)15)19-11(25)9-5-10(24)20-13-21-12(14(16,17)18)22-23(9)13/h2-4,9H,5H2,1H3,(H,19,25)(H,20,21,22,24)/t9-/m0/s1. The Balaban J connectivity index is 1.89. The molecule has 11 heteroatoms. The minimum absolute atomic E-state index is 0.351. The predicted octanol–water partition coefficient (Wildman–Crippen LogP) is 2.78. The van der Waals surface area contributed by atoms with Crippen molar-refractivity contribution in [1.29, 1.82) is 0 Å². The van der Waals surface area contributed by atoms with Crippen molar-refractivity contribution >= 4 is 35.1 Å². The van der Waals surface area contributed by atoms with E-state index in [9.17, 15) is 22.8 Å². The zero-order valence-corrected chi connectivity index (χ0v) is 13.4. The molecule has 25 heavy (non-hydrogen) atoms. The molecule has 0 saturated carbocycles. The van der Waals surface area contributed by atoms with Gasteiger partial charge in [0.15, 0.2) is 0 Å². The molecule has 132 valence electrons. The van der Waals surface area contributed by atoms with E-state index in [0.717, 1.165) is 10.2 Å². The van der Waals surface area contributed by atoms with Crippen molar-refractivity contribution in [2.24, 2.45) is 0 Å². The Kier molecular flexibility index (Phi) is 4.15. The summed E-state index contributed by atoms with van der Waals surface area (Å²) < 4.78 is 39.0. The van der Waals surface area contributed by atoms with E-state index in [1.165, 1.54) is 6.07 Å². The Hall–Kier alpha value is -2.62. The molecule has 1 aromatic carbocycles. The van der Waals surface area contributed by atoms with Crippen LogP contribution in [-0.4, -0.2) is 26.6 Å². The second-order valence-corrected chi connectivity index (χ2v) is 5.83. The minimum atomic E-state index is -4.79. The van der Waals surface area contributed by atoms with Gasteiger partial charge < -0.3 is 5.32 Å². The summed E-state index contributed by atoms with van der Waals surface area (Å²) in [4.78, 5) is 27.3. The lowest BCUT2D eigenvalue weighted by Gasteiger charge is -2.22. The second-order valence-electron chi connectivity index (χ2n) is 5.42. The second kappa shape index (κ2) is 6.03. The third kappa shape index (κ3) is 3.43. The third-order valence-electron chi connectivity index (χ3n) is 3.55. The van der Waals surface area contributed by atoms with Crippen molar-refractivity contribution in [2.75, 3.05) is 10.6 Å². The molecular weight excluding hydrogens is 363 g/mol. The molecule has 0 aliphatic carbocycles. The van der Waals surface area contributed by atoms with Crippen molar-refractivity contribution in [3.63, 3.8) is 0 Å². The quantitative estimate of drug-likeness (QED) is 0.847. The van der Waals surface area contributed by atoms with Crippen molar-refractivity contribution in [2.45, 2.75) is 25.6 Å². The fourth-order valence-electron chi connectivity index (χ4n) is 2.28. The fourth-order valence-corrected chi connectivity index (χ4v) is 2.46. The van der Waals surface area contributed by atoms with Crippen molar-refractivity contribution in [3.8, 4) is 0 Å². The number of anilines is 2. The van der Waals surface area contributed by atoms with Gasteiger partial charge >= 0.3 is 6.18 Å². The Bertz CT molecular complexity index is 865. The van der Waals surface area contributed by atoms with Crippen LogP contribution < -0.4 is 10.6 Å². The predicted molar refractivity (Wildman–Crippen MR) is 82.1 cm³/mol. The van der Waals surface area contributed by atoms with Gasteiger partial charge in [-0.15, -0.1) is 5.10 Å². The van der Waals surface area contributed by atoms with Gasteiger partial charge in [0.25, 0.3) is 5.82 Å². The van der Waals surface area contributed by atoms with Crippen LogP contribution in [0.4, 0.5) is 24.8 Å². The number of alkyl halides is 3. The molecule has 1 atom stereocenters. The SMILES string of the molecule is Cc1ccc(NC(=O)[C@@H]2CC(=O)Nc3nc(C(F)(F)F)nn32)cc1Cl. The first-order valence-corrected chi connectivity index (χ1v) is 7.43. The van der Waals surface area contributed by atoms with Gasteiger partial charge in [-0.1, -0.05) is 17.7 Å². The number of amides is 2. The lowest BCUT2D eigenvalue weighted by atomic mass is 10.1. The normalized spacial score (nSPS) is 17.0. The van der Waals surface area contributed by atoms with Gasteiger partial charge in [0.2, 0.25) is 17.8 Å². The van der Waals surface area contributed by atoms with E-state index in [-0.39, 0.29) is 6.42 Å². The number of aryl methyl sites for hydroxylation is 1. The van der Waals surface area contributed by atoms with Crippen molar-refractivity contribution < 1.29 is 22.8 Å². The van der Waals surface area contributed by atoms with E-state index in [1.54, 1.807) is 19.1 Å². The molecule has 2 amide bonds. The minimum Gasteiger partial charge on any atom is -0.324 e. The van der Waals surface area contributed by atoms with Gasteiger partial charge in [-0.3, -0.25) is 14.9 Å². The van der Waals surface area contributed by atoms with E-state index >= 15 is 0 Å². The molecule has 1 aromatic heterocycles. The van der Waals surface area contributed by atoms with E-state index in [2.05, 4.69) is 20.7 Å². The monoisotopic (exact) mass is 373 g/mol. The van der Waals surface area contributed by atoms with Crippen LogP contribution in [0.3, 0.4) is 0 Å². The maximum Gasteiger partial charge on any atom is 0.453 e. The van der Waals surface area contributed by atoms with Gasteiger partial charge in [-0.2, -0.15) is 18.2 Å². The molecule has 1 aliphatic heterocycles. The van der Waals surface area contributed by atoms with Crippen LogP contribution >= 0.6 is 11.6 Å². The highest BCUT2D eigenvalue weighted by Crippen LogP contribution is 2.31. The molecule has 3 rings (SSSR count). The lowest BCUT2D eigenvalue weighted by Crippen LogP contribution is -2.36. The van der Waals surface area contributed by atoms with E-state index in [0.29, 0.717) is 10.7 Å². The Morgan fingerprint density at radius 1 is 1.44 bits per heavy atom. The molecule has 0 spiro atoms. The summed E-state index contributed by atoms with van der Waals surface area (Å²) in [6, 6.07) is 3.51. The van der Waals surface area contributed by atoms with Gasteiger partial charge in [0, 0.05) is 10.7 Å². The Morgan fingerprint density at radius 2 is 2.16 bits per heavy atom. The molecule has 0 saturated heterocycles. The number of rotatable bonds is 2. The number of hydrogen-bond acceptors (Lipinski definition) is 4. The highest BCUT2D eigenvalue weighted by Gasteiger charge is 2.41. The Morgan fingerprint density at radius 3 is 2.80 bits per heavy atom. The average Bonchev–Trinajstić information content (AvgIpc) is 2.94. The number of carbonyl (C=O) groups is 2. The molecule has 0 radical (unpaired) electrons. The number of carbonyl (C=O) groups excluding carboxylic acids is 2. The first kappa shape index (κ1) is 17.2. The zero-order chi connectivity index (χ0) is 18.4. The fraction of sp³-hybridized carbons (Fsp3) is 0.286. The lowest BCUT2D eigenvalue weighted by molar-refractivity contribution is -0.145. The summed E-state index contributed by atoms with van der Waals surface area (Å²) in [5.41, 5.74) is 1.15. The molecule has 2 N–H and O–H groups in total. The summed E-state index contributed by atoms with van der Waals surface area (Å²) in [7, 11) is 0. The summed E-state index contributed by atoms with van der Waals surface area (Å²) in [5, 5.41) is 8.41. The number of fused-ring (bicyclic) bond motifs is 1. The molecule has 7 nitrogen and oxygen atoms in total. The van der Waals surface area contributed by atoms with Gasteiger partial charge in [-0.25, -0.2) is 4.68 Å². The molecule has 1 aliphatic rings. The largest absolute Gasteiger partial charge is 0.453 e. The van der Waals surface area contributed by atoms with Crippen LogP contribution in [0.25, 0.3) is 0 Å². The molecule has 0 bridgehead atoms. The number of nitrogens with one attached hydrogen (secondary N) is 2. The molecule has 2 aromatic rings. The third-order valence-corrected chi connectivity index (χ3v) is 3.96. The van der Waals surface area contributed by atoms with Crippen molar-refractivity contribution in [3.05, 3.63) is 34.6 Å². The Labute approximate surface area is 144 Å². The van der Waals surface area contributed by atoms with Crippen LogP contribution in [0.15, 0.2) is 18.2 Å². The molecule has 0 fully saturated rings. The maximum absolute atomic E-state index is 12.8. The highest BCUT2D eigenvalue weighted by atomic mass is 35.5. The van der Waals surface area contributed by atoms with Crippen LogP contribution in [0.1, 0.15) is 23.9 Å². The van der Waals surface area contributed by atoms with Crippen LogP contribution in [0.5, 0.6) is 0 Å². The summed E-state index contributed by atoms with van der Waals surface area (Å²) in [6.45, 7) is 1.78. The van der Waals surface area contributed by atoms with Crippen LogP contribution in [-0.2, 0) is 15.8 Å². The van der Waals surface area contributed by atoms with Crippen LogP contribution in [0.2, 0.25) is 5.02 Å².